The molecule has 146 valence electrons. The second kappa shape index (κ2) is 5.37. The van der Waals surface area contributed by atoms with Crippen molar-refractivity contribution in [3.8, 4) is 0 Å². The maximum Gasteiger partial charge on any atom is 0.341 e. The summed E-state index contributed by atoms with van der Waals surface area (Å²) in [6.07, 6.45) is 6.91. The van der Waals surface area contributed by atoms with Crippen LogP contribution < -0.4 is 0 Å². The molecule has 4 fully saturated rings. The van der Waals surface area contributed by atoms with E-state index >= 15 is 0 Å². The molecular weight excluding hydrogens is 348 g/mol. The summed E-state index contributed by atoms with van der Waals surface area (Å²) < 4.78 is 22.2. The third-order valence-corrected chi connectivity index (χ3v) is 8.21. The molecular formula is C21H26O6. The van der Waals surface area contributed by atoms with Crippen molar-refractivity contribution in [3.63, 3.8) is 0 Å². The molecule has 0 amide bonds. The highest BCUT2D eigenvalue weighted by atomic mass is 16.7. The molecule has 0 aromatic carbocycles. The Morgan fingerprint density at radius 3 is 2.81 bits per heavy atom. The van der Waals surface area contributed by atoms with Crippen molar-refractivity contribution in [2.75, 3.05) is 7.11 Å². The number of epoxide rings is 1. The highest BCUT2D eigenvalue weighted by Gasteiger charge is 2.81. The molecule has 6 heteroatoms. The van der Waals surface area contributed by atoms with Crippen molar-refractivity contribution in [2.24, 2.45) is 22.7 Å². The fraction of sp³-hybridized carbons (Fsp3) is 0.714. The number of fused-ring (bicyclic) bond motifs is 4. The van der Waals surface area contributed by atoms with E-state index in [9.17, 15) is 9.59 Å². The minimum atomic E-state index is -0.897. The van der Waals surface area contributed by atoms with Crippen LogP contribution in [-0.2, 0) is 23.8 Å². The Morgan fingerprint density at radius 2 is 2.11 bits per heavy atom. The standard InChI is InChI=1S/C21H26O6/c1-12-6-8-19(2)15(4-5-16-21(19,27-16)18(23)24-3)20(12)10-14(26-17(20)22)13-7-9-25-11-13/h7,9,11-12,14-16H,4-6,8,10H2,1-3H3/t12-,14-,15+,16-,19-,20+,21+/m1/s1. The Hall–Kier alpha value is -1.82. The van der Waals surface area contributed by atoms with Crippen LogP contribution in [0.5, 0.6) is 0 Å². The van der Waals surface area contributed by atoms with Gasteiger partial charge in [-0.3, -0.25) is 4.79 Å². The topological polar surface area (TPSA) is 78.3 Å². The molecule has 27 heavy (non-hydrogen) atoms. The molecule has 1 spiro atoms. The first-order valence-electron chi connectivity index (χ1n) is 9.89. The van der Waals surface area contributed by atoms with Gasteiger partial charge in [0.25, 0.3) is 0 Å². The van der Waals surface area contributed by atoms with Crippen molar-refractivity contribution in [3.05, 3.63) is 24.2 Å². The minimum Gasteiger partial charge on any atom is -0.472 e. The molecule has 5 rings (SSSR count). The van der Waals surface area contributed by atoms with E-state index in [0.717, 1.165) is 31.2 Å². The Bertz CT molecular complexity index is 787. The van der Waals surface area contributed by atoms with Crippen molar-refractivity contribution in [1.29, 1.82) is 0 Å². The zero-order valence-electron chi connectivity index (χ0n) is 16.0. The van der Waals surface area contributed by atoms with Gasteiger partial charge in [-0.2, -0.15) is 0 Å². The van der Waals surface area contributed by atoms with Crippen molar-refractivity contribution < 1.29 is 28.2 Å². The highest BCUT2D eigenvalue weighted by Crippen LogP contribution is 2.72. The number of cyclic esters (lactones) is 1. The van der Waals surface area contributed by atoms with Crippen LogP contribution in [0.2, 0.25) is 0 Å². The van der Waals surface area contributed by atoms with Gasteiger partial charge >= 0.3 is 11.9 Å². The molecule has 3 heterocycles. The van der Waals surface area contributed by atoms with Crippen LogP contribution in [0.3, 0.4) is 0 Å². The van der Waals surface area contributed by atoms with Crippen LogP contribution in [0.4, 0.5) is 0 Å². The Kier molecular flexibility index (Phi) is 3.44. The summed E-state index contributed by atoms with van der Waals surface area (Å²) in [6.45, 7) is 4.28. The van der Waals surface area contributed by atoms with Crippen LogP contribution in [0.25, 0.3) is 0 Å². The third-order valence-electron chi connectivity index (χ3n) is 8.21. The van der Waals surface area contributed by atoms with Gasteiger partial charge in [-0.15, -0.1) is 0 Å². The zero-order valence-corrected chi connectivity index (χ0v) is 16.0. The van der Waals surface area contributed by atoms with E-state index in [2.05, 4.69) is 13.8 Å². The maximum atomic E-state index is 13.3. The number of hydrogen-bond donors (Lipinski definition) is 0. The second-order valence-electron chi connectivity index (χ2n) is 9.02. The summed E-state index contributed by atoms with van der Waals surface area (Å²) in [6, 6.07) is 1.86. The minimum absolute atomic E-state index is 0.0380. The second-order valence-corrected chi connectivity index (χ2v) is 9.02. The summed E-state index contributed by atoms with van der Waals surface area (Å²) in [5.41, 5.74) is -1.00. The SMILES string of the molecule is COC(=O)[C@@]12O[C@@H]1CC[C@@H]1[C@]3(C[C@H](c4ccoc4)OC3=O)[C@H](C)CC[C@]12C. The lowest BCUT2D eigenvalue weighted by molar-refractivity contribution is -0.177. The molecule has 2 saturated carbocycles. The number of carbonyl (C=O) groups excluding carboxylic acids is 2. The van der Waals surface area contributed by atoms with Gasteiger partial charge in [0.15, 0.2) is 5.60 Å². The lowest BCUT2D eigenvalue weighted by Gasteiger charge is -2.56. The fourth-order valence-electron chi connectivity index (χ4n) is 6.72. The molecule has 4 aliphatic rings. The molecule has 0 radical (unpaired) electrons. The molecule has 2 saturated heterocycles. The average Bonchev–Trinajstić information content (AvgIpc) is 3.01. The van der Waals surface area contributed by atoms with E-state index in [1.165, 1.54) is 7.11 Å². The first-order chi connectivity index (χ1) is 12.9. The zero-order chi connectivity index (χ0) is 19.0. The van der Waals surface area contributed by atoms with Crippen molar-refractivity contribution in [1.82, 2.24) is 0 Å². The van der Waals surface area contributed by atoms with E-state index in [1.807, 2.05) is 6.07 Å². The molecule has 7 atom stereocenters. The number of ether oxygens (including phenoxy) is 3. The van der Waals surface area contributed by atoms with Crippen molar-refractivity contribution in [2.45, 2.75) is 63.8 Å². The predicted molar refractivity (Wildman–Crippen MR) is 93.4 cm³/mol. The number of methoxy groups -OCH3 is 1. The van der Waals surface area contributed by atoms with Gasteiger partial charge in [0.2, 0.25) is 0 Å². The molecule has 0 bridgehead atoms. The van der Waals surface area contributed by atoms with Gasteiger partial charge in [-0.05, 0) is 43.6 Å². The normalized spacial score (nSPS) is 47.9. The number of rotatable bonds is 2. The monoisotopic (exact) mass is 374 g/mol. The first kappa shape index (κ1) is 17.3. The van der Waals surface area contributed by atoms with E-state index < -0.39 is 16.4 Å². The number of hydrogen-bond acceptors (Lipinski definition) is 6. The predicted octanol–water partition coefficient (Wildman–Crippen LogP) is 3.41. The quantitative estimate of drug-likeness (QED) is 0.583. The molecule has 2 aliphatic heterocycles. The Balaban J connectivity index is 1.57. The molecule has 1 aromatic heterocycles. The van der Waals surface area contributed by atoms with Crippen molar-refractivity contribution >= 4 is 11.9 Å². The van der Waals surface area contributed by atoms with Gasteiger partial charge < -0.3 is 18.6 Å². The summed E-state index contributed by atoms with van der Waals surface area (Å²) >= 11 is 0. The highest BCUT2D eigenvalue weighted by molar-refractivity contribution is 5.86. The fourth-order valence-corrected chi connectivity index (χ4v) is 6.72. The van der Waals surface area contributed by atoms with Gasteiger partial charge in [-0.1, -0.05) is 13.8 Å². The summed E-state index contributed by atoms with van der Waals surface area (Å²) in [7, 11) is 1.42. The number of furan rings is 1. The third kappa shape index (κ3) is 1.90. The first-order valence-corrected chi connectivity index (χ1v) is 9.89. The number of carbonyl (C=O) groups is 2. The number of esters is 2. The van der Waals surface area contributed by atoms with Crippen LogP contribution in [-0.4, -0.2) is 30.8 Å². The van der Waals surface area contributed by atoms with Crippen LogP contribution >= 0.6 is 0 Å². The van der Waals surface area contributed by atoms with E-state index in [4.69, 9.17) is 18.6 Å². The lowest BCUT2D eigenvalue weighted by Crippen LogP contribution is -2.61. The summed E-state index contributed by atoms with van der Waals surface area (Å²) in [5.74, 6) is -0.181. The largest absolute Gasteiger partial charge is 0.472 e. The summed E-state index contributed by atoms with van der Waals surface area (Å²) in [5, 5.41) is 0. The molecule has 2 aliphatic carbocycles. The summed E-state index contributed by atoms with van der Waals surface area (Å²) in [4.78, 5) is 26.1. The molecule has 0 N–H and O–H groups in total. The average molecular weight is 374 g/mol. The Morgan fingerprint density at radius 1 is 1.30 bits per heavy atom. The van der Waals surface area contributed by atoms with Crippen LogP contribution in [0.15, 0.2) is 23.0 Å². The van der Waals surface area contributed by atoms with Gasteiger partial charge in [0.05, 0.1) is 31.2 Å². The van der Waals surface area contributed by atoms with Gasteiger partial charge in [0, 0.05) is 17.4 Å². The maximum absolute atomic E-state index is 13.3. The molecule has 1 aromatic rings. The van der Waals surface area contributed by atoms with E-state index in [1.54, 1.807) is 12.5 Å². The molecule has 0 unspecified atom stereocenters. The van der Waals surface area contributed by atoms with E-state index in [0.29, 0.717) is 6.42 Å². The van der Waals surface area contributed by atoms with Crippen LogP contribution in [0, 0.1) is 22.7 Å². The van der Waals surface area contributed by atoms with E-state index in [-0.39, 0.29) is 36.0 Å². The van der Waals surface area contributed by atoms with Gasteiger partial charge in [-0.25, -0.2) is 4.79 Å². The smallest absolute Gasteiger partial charge is 0.341 e. The van der Waals surface area contributed by atoms with Crippen LogP contribution in [0.1, 0.15) is 57.6 Å². The Labute approximate surface area is 158 Å². The lowest BCUT2D eigenvalue weighted by atomic mass is 9.44. The molecule has 6 nitrogen and oxygen atoms in total. The van der Waals surface area contributed by atoms with Gasteiger partial charge in [0.1, 0.15) is 6.10 Å².